The Labute approximate surface area is 79.7 Å². The Balaban J connectivity index is 2.13. The molecule has 0 bridgehead atoms. The van der Waals surface area contributed by atoms with Crippen molar-refractivity contribution in [1.29, 1.82) is 0 Å². The molecule has 1 radical (unpaired) electrons. The molecule has 5 heteroatoms. The molecule has 77 valence electrons. The molecule has 0 atom stereocenters. The highest BCUT2D eigenvalue weighted by molar-refractivity contribution is 5.10. The third-order valence-electron chi connectivity index (χ3n) is 2.54. The van der Waals surface area contributed by atoms with Gasteiger partial charge in [-0.05, 0) is 18.9 Å². The van der Waals surface area contributed by atoms with Gasteiger partial charge in [0.25, 0.3) is 0 Å². The van der Waals surface area contributed by atoms with E-state index in [2.05, 4.69) is 11.3 Å². The van der Waals surface area contributed by atoms with E-state index in [4.69, 9.17) is 0 Å². The molecule has 0 saturated heterocycles. The van der Waals surface area contributed by atoms with E-state index in [1.807, 2.05) is 0 Å². The topological polar surface area (TPSA) is 17.8 Å². The Morgan fingerprint density at radius 2 is 2.21 bits per heavy atom. The van der Waals surface area contributed by atoms with Crippen LogP contribution in [0.15, 0.2) is 6.07 Å². The van der Waals surface area contributed by atoms with Crippen molar-refractivity contribution in [2.45, 2.75) is 37.9 Å². The maximum atomic E-state index is 12.1. The summed E-state index contributed by atoms with van der Waals surface area (Å²) in [5, 5.41) is 3.58. The number of rotatable bonds is 2. The molecule has 1 aromatic heterocycles. The summed E-state index contributed by atoms with van der Waals surface area (Å²) in [4.78, 5) is 0. The Kier molecular flexibility index (Phi) is 2.25. The lowest BCUT2D eigenvalue weighted by Crippen LogP contribution is -2.23. The number of aromatic nitrogens is 2. The number of hydrogen-bond donors (Lipinski definition) is 0. The molecule has 1 fully saturated rings. The average Bonchev–Trinajstić information content (AvgIpc) is 2.30. The molecule has 1 aromatic rings. The highest BCUT2D eigenvalue weighted by Crippen LogP contribution is 2.36. The SMILES string of the molecule is FC(F)(F)Cn1n[c]cc1C1CCC1. The van der Waals surface area contributed by atoms with Crippen LogP contribution in [0, 0.1) is 6.20 Å². The number of nitrogens with zero attached hydrogens (tertiary/aromatic N) is 2. The van der Waals surface area contributed by atoms with Crippen LogP contribution in [-0.4, -0.2) is 16.0 Å². The van der Waals surface area contributed by atoms with Crippen LogP contribution in [0.1, 0.15) is 30.9 Å². The van der Waals surface area contributed by atoms with Gasteiger partial charge in [0.15, 0.2) is 0 Å². The van der Waals surface area contributed by atoms with Crippen molar-refractivity contribution >= 4 is 0 Å². The van der Waals surface area contributed by atoms with Crippen molar-refractivity contribution in [2.24, 2.45) is 0 Å². The van der Waals surface area contributed by atoms with Crippen LogP contribution in [-0.2, 0) is 6.54 Å². The van der Waals surface area contributed by atoms with Crippen LogP contribution in [0.3, 0.4) is 0 Å². The van der Waals surface area contributed by atoms with E-state index in [0.29, 0.717) is 5.69 Å². The standard InChI is InChI=1S/C9H10F3N2/c10-9(11,12)6-14-8(4-5-13-14)7-2-1-3-7/h4,7H,1-3,6H2. The molecule has 2 rings (SSSR count). The average molecular weight is 203 g/mol. The zero-order valence-electron chi connectivity index (χ0n) is 7.51. The molecule has 1 aliphatic carbocycles. The summed E-state index contributed by atoms with van der Waals surface area (Å²) in [5.74, 6) is 0.260. The maximum Gasteiger partial charge on any atom is 0.408 e. The first-order chi connectivity index (χ1) is 6.56. The smallest absolute Gasteiger partial charge is 0.259 e. The third kappa shape index (κ3) is 1.91. The van der Waals surface area contributed by atoms with E-state index >= 15 is 0 Å². The van der Waals surface area contributed by atoms with Crippen molar-refractivity contribution in [2.75, 3.05) is 0 Å². The van der Waals surface area contributed by atoms with Gasteiger partial charge in [0.2, 0.25) is 0 Å². The van der Waals surface area contributed by atoms with Crippen LogP contribution in [0.25, 0.3) is 0 Å². The molecular weight excluding hydrogens is 193 g/mol. The molecule has 0 N–H and O–H groups in total. The fourth-order valence-corrected chi connectivity index (χ4v) is 1.63. The zero-order chi connectivity index (χ0) is 10.2. The Morgan fingerprint density at radius 1 is 1.50 bits per heavy atom. The van der Waals surface area contributed by atoms with Crippen LogP contribution in [0.2, 0.25) is 0 Å². The van der Waals surface area contributed by atoms with Gasteiger partial charge in [-0.3, -0.25) is 4.68 Å². The molecule has 0 aliphatic heterocycles. The molecule has 0 amide bonds. The monoisotopic (exact) mass is 203 g/mol. The molecule has 0 aromatic carbocycles. The van der Waals surface area contributed by atoms with Crippen molar-refractivity contribution in [3.8, 4) is 0 Å². The summed E-state index contributed by atoms with van der Waals surface area (Å²) in [6.45, 7) is -0.998. The number of halogens is 3. The summed E-state index contributed by atoms with van der Waals surface area (Å²) in [5.41, 5.74) is 0.675. The summed E-state index contributed by atoms with van der Waals surface area (Å²) in [6, 6.07) is 1.57. The minimum atomic E-state index is -4.20. The van der Waals surface area contributed by atoms with Crippen molar-refractivity contribution in [3.05, 3.63) is 18.0 Å². The zero-order valence-corrected chi connectivity index (χ0v) is 7.51. The predicted octanol–water partition coefficient (Wildman–Crippen LogP) is 2.51. The van der Waals surface area contributed by atoms with Gasteiger partial charge in [-0.2, -0.15) is 18.3 Å². The van der Waals surface area contributed by atoms with Crippen LogP contribution in [0.5, 0.6) is 0 Å². The number of alkyl halides is 3. The minimum absolute atomic E-state index is 0.260. The van der Waals surface area contributed by atoms with Crippen LogP contribution in [0.4, 0.5) is 13.2 Å². The molecular formula is C9H10F3N2. The first-order valence-corrected chi connectivity index (χ1v) is 4.57. The first-order valence-electron chi connectivity index (χ1n) is 4.57. The van der Waals surface area contributed by atoms with Gasteiger partial charge in [-0.15, -0.1) is 0 Å². The van der Waals surface area contributed by atoms with Crippen molar-refractivity contribution < 1.29 is 13.2 Å². The summed E-state index contributed by atoms with van der Waals surface area (Å²) < 4.78 is 37.3. The summed E-state index contributed by atoms with van der Waals surface area (Å²) >= 11 is 0. The Bertz CT molecular complexity index is 312. The molecule has 1 aliphatic rings. The van der Waals surface area contributed by atoms with Gasteiger partial charge in [-0.25, -0.2) is 0 Å². The Morgan fingerprint density at radius 3 is 2.71 bits per heavy atom. The van der Waals surface area contributed by atoms with Gasteiger partial charge < -0.3 is 0 Å². The van der Waals surface area contributed by atoms with Crippen molar-refractivity contribution in [1.82, 2.24) is 9.78 Å². The lowest BCUT2D eigenvalue weighted by atomic mass is 9.83. The molecule has 2 nitrogen and oxygen atoms in total. The van der Waals surface area contributed by atoms with E-state index in [0.717, 1.165) is 23.9 Å². The van der Waals surface area contributed by atoms with Gasteiger partial charge in [0, 0.05) is 11.6 Å². The lowest BCUT2D eigenvalue weighted by Gasteiger charge is -2.26. The Hall–Kier alpha value is -1.00. The van der Waals surface area contributed by atoms with Gasteiger partial charge in [0.05, 0.1) is 0 Å². The van der Waals surface area contributed by atoms with Crippen LogP contribution < -0.4 is 0 Å². The minimum Gasteiger partial charge on any atom is -0.259 e. The van der Waals surface area contributed by atoms with E-state index in [9.17, 15) is 13.2 Å². The van der Waals surface area contributed by atoms with Gasteiger partial charge >= 0.3 is 6.18 Å². The fourth-order valence-electron chi connectivity index (χ4n) is 1.63. The second-order valence-electron chi connectivity index (χ2n) is 3.60. The second kappa shape index (κ2) is 3.29. The highest BCUT2D eigenvalue weighted by Gasteiger charge is 2.31. The van der Waals surface area contributed by atoms with E-state index in [1.165, 1.54) is 0 Å². The summed E-state index contributed by atoms with van der Waals surface area (Å²) in [6.07, 6.45) is 1.33. The molecule has 1 saturated carbocycles. The third-order valence-corrected chi connectivity index (χ3v) is 2.54. The molecule has 0 unspecified atom stereocenters. The summed E-state index contributed by atoms with van der Waals surface area (Å²) in [7, 11) is 0. The largest absolute Gasteiger partial charge is 0.408 e. The predicted molar refractivity (Wildman–Crippen MR) is 43.7 cm³/mol. The van der Waals surface area contributed by atoms with Crippen LogP contribution >= 0.6 is 0 Å². The van der Waals surface area contributed by atoms with Gasteiger partial charge in [-0.1, -0.05) is 6.42 Å². The van der Waals surface area contributed by atoms with Gasteiger partial charge in [0.1, 0.15) is 12.7 Å². The fraction of sp³-hybridized carbons (Fsp3) is 0.667. The first kappa shape index (κ1) is 9.55. The molecule has 14 heavy (non-hydrogen) atoms. The van der Waals surface area contributed by atoms with Crippen molar-refractivity contribution in [3.63, 3.8) is 0 Å². The van der Waals surface area contributed by atoms with E-state index in [-0.39, 0.29) is 5.92 Å². The maximum absolute atomic E-state index is 12.1. The van der Waals surface area contributed by atoms with E-state index in [1.54, 1.807) is 6.07 Å². The number of hydrogen-bond acceptors (Lipinski definition) is 1. The molecule has 1 heterocycles. The lowest BCUT2D eigenvalue weighted by molar-refractivity contribution is -0.143. The van der Waals surface area contributed by atoms with E-state index < -0.39 is 12.7 Å². The highest BCUT2D eigenvalue weighted by atomic mass is 19.4. The second-order valence-corrected chi connectivity index (χ2v) is 3.60. The normalized spacial score (nSPS) is 18.2. The quantitative estimate of drug-likeness (QED) is 0.722. The molecule has 0 spiro atoms.